The van der Waals surface area contributed by atoms with E-state index in [2.05, 4.69) is 37.3 Å². The predicted molar refractivity (Wildman–Crippen MR) is 97.3 cm³/mol. The van der Waals surface area contributed by atoms with Crippen molar-refractivity contribution in [3.63, 3.8) is 0 Å². The lowest BCUT2D eigenvalue weighted by Crippen LogP contribution is -1.81. The quantitative estimate of drug-likeness (QED) is 0.341. The summed E-state index contributed by atoms with van der Waals surface area (Å²) in [6.45, 7) is 2.22. The van der Waals surface area contributed by atoms with E-state index < -0.39 is 0 Å². The van der Waals surface area contributed by atoms with Gasteiger partial charge in [-0.25, -0.2) is 0 Å². The van der Waals surface area contributed by atoms with Crippen LogP contribution in [0.3, 0.4) is 0 Å². The number of hydrogen-bond acceptors (Lipinski definition) is 1. The van der Waals surface area contributed by atoms with Crippen LogP contribution in [0.1, 0.15) is 70.3 Å². The molecule has 22 heavy (non-hydrogen) atoms. The Kier molecular flexibility index (Phi) is 11.1. The zero-order valence-corrected chi connectivity index (χ0v) is 14.1. The molecule has 0 amide bonds. The molecule has 0 aromatic heterocycles. The normalized spacial score (nSPS) is 11.7. The zero-order chi connectivity index (χ0) is 15.9. The molecule has 0 spiro atoms. The molecule has 0 radical (unpaired) electrons. The van der Waals surface area contributed by atoms with Gasteiger partial charge in [0.15, 0.2) is 0 Å². The Hall–Kier alpha value is -1.50. The van der Waals surface area contributed by atoms with Gasteiger partial charge in [0.05, 0.1) is 0 Å². The minimum Gasteiger partial charge on any atom is -0.508 e. The second kappa shape index (κ2) is 13.2. The summed E-state index contributed by atoms with van der Waals surface area (Å²) in [7, 11) is 0. The molecule has 0 saturated heterocycles. The number of aromatic hydroxyl groups is 1. The van der Waals surface area contributed by atoms with Gasteiger partial charge in [0.25, 0.3) is 0 Å². The SMILES string of the molecule is CCC/C=C/CCCCCCC/C=C/Cc1cccc(O)c1. The summed E-state index contributed by atoms with van der Waals surface area (Å²) in [5.74, 6) is 0.357. The molecule has 0 aliphatic heterocycles. The Morgan fingerprint density at radius 1 is 0.818 bits per heavy atom. The molecule has 1 rings (SSSR count). The van der Waals surface area contributed by atoms with E-state index in [4.69, 9.17) is 0 Å². The number of phenols is 1. The Bertz CT molecular complexity index is 431. The summed E-state index contributed by atoms with van der Waals surface area (Å²) in [6.07, 6.45) is 21.7. The topological polar surface area (TPSA) is 20.2 Å². The maximum atomic E-state index is 9.39. The fourth-order valence-electron chi connectivity index (χ4n) is 2.48. The number of hydrogen-bond donors (Lipinski definition) is 1. The molecule has 0 heterocycles. The van der Waals surface area contributed by atoms with Gasteiger partial charge in [0.1, 0.15) is 5.75 Å². The van der Waals surface area contributed by atoms with E-state index in [1.54, 1.807) is 6.07 Å². The standard InChI is InChI=1S/C21H32O/c1-2-3-4-5-6-7-8-9-10-11-12-13-14-16-20-17-15-18-21(22)19-20/h4-5,13-15,17-19,22H,2-3,6-12,16H2,1H3/b5-4+,14-13+. The Morgan fingerprint density at radius 2 is 1.45 bits per heavy atom. The molecule has 0 aliphatic rings. The van der Waals surface area contributed by atoms with Gasteiger partial charge in [-0.05, 0) is 56.2 Å². The number of benzene rings is 1. The molecular weight excluding hydrogens is 268 g/mol. The van der Waals surface area contributed by atoms with Crippen molar-refractivity contribution in [1.29, 1.82) is 0 Å². The van der Waals surface area contributed by atoms with Gasteiger partial charge in [0.2, 0.25) is 0 Å². The van der Waals surface area contributed by atoms with E-state index in [0.29, 0.717) is 5.75 Å². The van der Waals surface area contributed by atoms with Crippen LogP contribution >= 0.6 is 0 Å². The zero-order valence-electron chi connectivity index (χ0n) is 14.1. The van der Waals surface area contributed by atoms with E-state index in [0.717, 1.165) is 6.42 Å². The third-order valence-electron chi connectivity index (χ3n) is 3.79. The first-order valence-corrected chi connectivity index (χ1v) is 8.91. The molecule has 122 valence electrons. The van der Waals surface area contributed by atoms with Gasteiger partial charge in [-0.15, -0.1) is 0 Å². The first kappa shape index (κ1) is 18.5. The molecule has 0 atom stereocenters. The van der Waals surface area contributed by atoms with Crippen molar-refractivity contribution in [3.8, 4) is 5.75 Å². The third-order valence-corrected chi connectivity index (χ3v) is 3.79. The van der Waals surface area contributed by atoms with Gasteiger partial charge < -0.3 is 5.11 Å². The van der Waals surface area contributed by atoms with Crippen molar-refractivity contribution < 1.29 is 5.11 Å². The van der Waals surface area contributed by atoms with E-state index in [-0.39, 0.29) is 0 Å². The van der Waals surface area contributed by atoms with Crippen LogP contribution in [0.5, 0.6) is 5.75 Å². The Balaban J connectivity index is 1.92. The van der Waals surface area contributed by atoms with Crippen LogP contribution in [-0.4, -0.2) is 5.11 Å². The molecule has 1 heteroatoms. The molecule has 0 bridgehead atoms. The van der Waals surface area contributed by atoms with E-state index in [1.165, 1.54) is 63.4 Å². The minimum atomic E-state index is 0.357. The minimum absolute atomic E-state index is 0.357. The fraction of sp³-hybridized carbons (Fsp3) is 0.524. The molecule has 1 N–H and O–H groups in total. The Labute approximate surface area is 136 Å². The lowest BCUT2D eigenvalue weighted by atomic mass is 10.1. The van der Waals surface area contributed by atoms with Gasteiger partial charge in [-0.3, -0.25) is 0 Å². The molecule has 0 unspecified atom stereocenters. The lowest BCUT2D eigenvalue weighted by molar-refractivity contribution is 0.474. The summed E-state index contributed by atoms with van der Waals surface area (Å²) >= 11 is 0. The maximum absolute atomic E-state index is 9.39. The van der Waals surface area contributed by atoms with Crippen molar-refractivity contribution in [2.75, 3.05) is 0 Å². The summed E-state index contributed by atoms with van der Waals surface area (Å²) in [5.41, 5.74) is 1.17. The van der Waals surface area contributed by atoms with Gasteiger partial charge in [0, 0.05) is 0 Å². The van der Waals surface area contributed by atoms with E-state index in [1.807, 2.05) is 12.1 Å². The van der Waals surface area contributed by atoms with Gasteiger partial charge in [-0.1, -0.05) is 69.0 Å². The molecule has 1 nitrogen and oxygen atoms in total. The van der Waals surface area contributed by atoms with Crippen LogP contribution in [0.15, 0.2) is 48.6 Å². The van der Waals surface area contributed by atoms with Gasteiger partial charge >= 0.3 is 0 Å². The highest BCUT2D eigenvalue weighted by Crippen LogP contribution is 2.12. The third kappa shape index (κ3) is 10.3. The average Bonchev–Trinajstić information content (AvgIpc) is 2.52. The second-order valence-electron chi connectivity index (χ2n) is 5.95. The van der Waals surface area contributed by atoms with Crippen LogP contribution in [0.25, 0.3) is 0 Å². The molecule has 1 aromatic rings. The smallest absolute Gasteiger partial charge is 0.115 e. The van der Waals surface area contributed by atoms with Crippen LogP contribution in [0.4, 0.5) is 0 Å². The van der Waals surface area contributed by atoms with Crippen LogP contribution < -0.4 is 0 Å². The maximum Gasteiger partial charge on any atom is 0.115 e. The highest BCUT2D eigenvalue weighted by molar-refractivity contribution is 5.28. The molecule has 0 aliphatic carbocycles. The highest BCUT2D eigenvalue weighted by Gasteiger charge is 1.92. The number of unbranched alkanes of at least 4 members (excludes halogenated alkanes) is 7. The lowest BCUT2D eigenvalue weighted by Gasteiger charge is -1.99. The number of allylic oxidation sites excluding steroid dienone is 4. The monoisotopic (exact) mass is 300 g/mol. The van der Waals surface area contributed by atoms with Gasteiger partial charge in [-0.2, -0.15) is 0 Å². The summed E-state index contributed by atoms with van der Waals surface area (Å²) in [5, 5.41) is 9.39. The van der Waals surface area contributed by atoms with Crippen LogP contribution in [0.2, 0.25) is 0 Å². The van der Waals surface area contributed by atoms with Crippen molar-refractivity contribution >= 4 is 0 Å². The Morgan fingerprint density at radius 3 is 2.14 bits per heavy atom. The predicted octanol–water partition coefficient (Wildman–Crippen LogP) is 6.58. The van der Waals surface area contributed by atoms with E-state index in [9.17, 15) is 5.11 Å². The van der Waals surface area contributed by atoms with Crippen molar-refractivity contribution in [1.82, 2.24) is 0 Å². The largest absolute Gasteiger partial charge is 0.508 e. The molecule has 1 aromatic carbocycles. The average molecular weight is 300 g/mol. The number of phenolic OH excluding ortho intramolecular Hbond substituents is 1. The highest BCUT2D eigenvalue weighted by atomic mass is 16.3. The first-order chi connectivity index (χ1) is 10.8. The fourth-order valence-corrected chi connectivity index (χ4v) is 2.48. The summed E-state index contributed by atoms with van der Waals surface area (Å²) in [6, 6.07) is 7.50. The second-order valence-corrected chi connectivity index (χ2v) is 5.95. The molecule has 0 saturated carbocycles. The van der Waals surface area contributed by atoms with Crippen molar-refractivity contribution in [3.05, 3.63) is 54.1 Å². The summed E-state index contributed by atoms with van der Waals surface area (Å²) < 4.78 is 0. The van der Waals surface area contributed by atoms with Crippen molar-refractivity contribution in [2.45, 2.75) is 71.1 Å². The van der Waals surface area contributed by atoms with Crippen LogP contribution in [-0.2, 0) is 6.42 Å². The molecular formula is C21H32O. The molecule has 0 fully saturated rings. The van der Waals surface area contributed by atoms with Crippen LogP contribution in [0, 0.1) is 0 Å². The van der Waals surface area contributed by atoms with E-state index >= 15 is 0 Å². The first-order valence-electron chi connectivity index (χ1n) is 8.91. The summed E-state index contributed by atoms with van der Waals surface area (Å²) in [4.78, 5) is 0. The van der Waals surface area contributed by atoms with Crippen molar-refractivity contribution in [2.24, 2.45) is 0 Å². The number of rotatable bonds is 12.